The molecule has 1 heterocycles. The molecule has 0 radical (unpaired) electrons. The lowest BCUT2D eigenvalue weighted by Gasteiger charge is -2.09. The van der Waals surface area contributed by atoms with E-state index < -0.39 is 0 Å². The van der Waals surface area contributed by atoms with Crippen molar-refractivity contribution in [3.05, 3.63) is 50.9 Å². The first kappa shape index (κ1) is 12.8. The maximum Gasteiger partial charge on any atom is 0.206 e. The standard InChI is InChI=1S/C13H8BrCl2N3/c14-11-7(15)3-1-5-9(11)19-10-6-2-4-8(16)12(10)18-13(19)17/h1-6H,(H2,17,18). The zero-order chi connectivity index (χ0) is 13.6. The molecule has 0 aliphatic heterocycles. The summed E-state index contributed by atoms with van der Waals surface area (Å²) in [5.41, 5.74) is 8.35. The second-order valence-electron chi connectivity index (χ2n) is 3.99. The summed E-state index contributed by atoms with van der Waals surface area (Å²) in [4.78, 5) is 4.30. The number of fused-ring (bicyclic) bond motifs is 1. The van der Waals surface area contributed by atoms with Crippen LogP contribution in [0.25, 0.3) is 16.7 Å². The summed E-state index contributed by atoms with van der Waals surface area (Å²) in [6, 6.07) is 11.1. The molecule has 3 aromatic rings. The lowest BCUT2D eigenvalue weighted by molar-refractivity contribution is 1.10. The molecule has 0 saturated heterocycles. The van der Waals surface area contributed by atoms with Gasteiger partial charge in [0.25, 0.3) is 0 Å². The minimum atomic E-state index is 0.367. The monoisotopic (exact) mass is 355 g/mol. The van der Waals surface area contributed by atoms with Crippen LogP contribution in [0, 0.1) is 0 Å². The van der Waals surface area contributed by atoms with E-state index in [-0.39, 0.29) is 0 Å². The number of nitrogens with zero attached hydrogens (tertiary/aromatic N) is 2. The van der Waals surface area contributed by atoms with Crippen molar-refractivity contribution < 1.29 is 0 Å². The van der Waals surface area contributed by atoms with Gasteiger partial charge in [0.15, 0.2) is 0 Å². The highest BCUT2D eigenvalue weighted by Gasteiger charge is 2.15. The lowest BCUT2D eigenvalue weighted by Crippen LogP contribution is -2.01. The average molecular weight is 357 g/mol. The molecule has 2 N–H and O–H groups in total. The Morgan fingerprint density at radius 2 is 1.74 bits per heavy atom. The molecule has 3 rings (SSSR count). The fraction of sp³-hybridized carbons (Fsp3) is 0. The van der Waals surface area contributed by atoms with Gasteiger partial charge in [-0.1, -0.05) is 35.3 Å². The molecule has 0 aliphatic carbocycles. The van der Waals surface area contributed by atoms with Crippen molar-refractivity contribution in [2.24, 2.45) is 0 Å². The predicted molar refractivity (Wildman–Crippen MR) is 83.2 cm³/mol. The predicted octanol–water partition coefficient (Wildman–Crippen LogP) is 4.68. The van der Waals surface area contributed by atoms with E-state index in [1.165, 1.54) is 0 Å². The summed E-state index contributed by atoms with van der Waals surface area (Å²) >= 11 is 15.7. The Hall–Kier alpha value is -1.23. The highest BCUT2D eigenvalue weighted by Crippen LogP contribution is 2.34. The zero-order valence-corrected chi connectivity index (χ0v) is 12.7. The summed E-state index contributed by atoms with van der Waals surface area (Å²) < 4.78 is 2.58. The van der Waals surface area contributed by atoms with E-state index in [1.54, 1.807) is 12.1 Å². The van der Waals surface area contributed by atoms with E-state index in [9.17, 15) is 0 Å². The van der Waals surface area contributed by atoms with Gasteiger partial charge in [-0.2, -0.15) is 0 Å². The molecule has 3 nitrogen and oxygen atoms in total. The second kappa shape index (κ2) is 4.71. The number of para-hydroxylation sites is 1. The number of nitrogens with two attached hydrogens (primary N) is 1. The molecule has 0 saturated carbocycles. The third-order valence-corrected chi connectivity index (χ3v) is 4.52. The summed E-state index contributed by atoms with van der Waals surface area (Å²) in [7, 11) is 0. The van der Waals surface area contributed by atoms with Gasteiger partial charge < -0.3 is 5.73 Å². The molecule has 1 aromatic heterocycles. The lowest BCUT2D eigenvalue weighted by atomic mass is 10.3. The van der Waals surface area contributed by atoms with Gasteiger partial charge in [0, 0.05) is 0 Å². The number of benzene rings is 2. The van der Waals surface area contributed by atoms with Crippen LogP contribution in [0.1, 0.15) is 0 Å². The van der Waals surface area contributed by atoms with Crippen LogP contribution in [0.15, 0.2) is 40.9 Å². The fourth-order valence-electron chi connectivity index (χ4n) is 2.00. The minimum absolute atomic E-state index is 0.367. The van der Waals surface area contributed by atoms with E-state index in [2.05, 4.69) is 20.9 Å². The van der Waals surface area contributed by atoms with E-state index in [0.717, 1.165) is 15.7 Å². The van der Waals surface area contributed by atoms with E-state index in [0.29, 0.717) is 21.5 Å². The molecule has 0 atom stereocenters. The van der Waals surface area contributed by atoms with Crippen molar-refractivity contribution in [3.63, 3.8) is 0 Å². The average Bonchev–Trinajstić information content (AvgIpc) is 2.71. The van der Waals surface area contributed by atoms with Crippen LogP contribution < -0.4 is 5.73 Å². The molecule has 0 fully saturated rings. The van der Waals surface area contributed by atoms with Gasteiger partial charge in [-0.15, -0.1) is 0 Å². The van der Waals surface area contributed by atoms with Crippen LogP contribution >= 0.6 is 39.1 Å². The third-order valence-electron chi connectivity index (χ3n) is 2.83. The topological polar surface area (TPSA) is 43.8 Å². The Bertz CT molecular complexity index is 783. The van der Waals surface area contributed by atoms with Gasteiger partial charge in [0.2, 0.25) is 5.95 Å². The van der Waals surface area contributed by atoms with Gasteiger partial charge >= 0.3 is 0 Å². The minimum Gasteiger partial charge on any atom is -0.369 e. The van der Waals surface area contributed by atoms with Crippen LogP contribution in [-0.4, -0.2) is 9.55 Å². The van der Waals surface area contributed by atoms with Crippen LogP contribution in [0.4, 0.5) is 5.95 Å². The molecule has 19 heavy (non-hydrogen) atoms. The normalized spacial score (nSPS) is 11.1. The summed E-state index contributed by atoms with van der Waals surface area (Å²) in [6.45, 7) is 0. The van der Waals surface area contributed by atoms with Crippen molar-refractivity contribution in [2.75, 3.05) is 5.73 Å². The van der Waals surface area contributed by atoms with E-state index in [4.69, 9.17) is 28.9 Å². The summed E-state index contributed by atoms with van der Waals surface area (Å²) in [5, 5.41) is 1.18. The fourth-order valence-corrected chi connectivity index (χ4v) is 2.82. The first-order chi connectivity index (χ1) is 9.09. The second-order valence-corrected chi connectivity index (χ2v) is 5.59. The first-order valence-corrected chi connectivity index (χ1v) is 7.01. The van der Waals surface area contributed by atoms with Crippen LogP contribution in [0.2, 0.25) is 10.0 Å². The van der Waals surface area contributed by atoms with Gasteiger partial charge in [-0.25, -0.2) is 4.98 Å². The largest absolute Gasteiger partial charge is 0.369 e. The molecule has 0 spiro atoms. The number of hydrogen-bond donors (Lipinski definition) is 1. The maximum absolute atomic E-state index is 6.13. The summed E-state index contributed by atoms with van der Waals surface area (Å²) in [6.07, 6.45) is 0. The van der Waals surface area contributed by atoms with Gasteiger partial charge in [-0.3, -0.25) is 4.57 Å². The molecule has 0 bridgehead atoms. The van der Waals surface area contributed by atoms with Gasteiger partial charge in [-0.05, 0) is 40.2 Å². The Labute approximate surface area is 128 Å². The number of hydrogen-bond acceptors (Lipinski definition) is 2. The van der Waals surface area contributed by atoms with Crippen molar-refractivity contribution >= 4 is 56.1 Å². The number of nitrogen functional groups attached to an aromatic ring is 1. The molecular formula is C13H8BrCl2N3. The Morgan fingerprint density at radius 1 is 1.05 bits per heavy atom. The highest BCUT2D eigenvalue weighted by atomic mass is 79.9. The van der Waals surface area contributed by atoms with Crippen LogP contribution in [0.3, 0.4) is 0 Å². The van der Waals surface area contributed by atoms with Gasteiger partial charge in [0.05, 0.1) is 25.7 Å². The quantitative estimate of drug-likeness (QED) is 0.688. The van der Waals surface area contributed by atoms with Crippen molar-refractivity contribution in [3.8, 4) is 5.69 Å². The molecule has 96 valence electrons. The Balaban J connectivity index is 2.40. The molecule has 2 aromatic carbocycles. The molecular weight excluding hydrogens is 349 g/mol. The van der Waals surface area contributed by atoms with Gasteiger partial charge in [0.1, 0.15) is 5.52 Å². The summed E-state index contributed by atoms with van der Waals surface area (Å²) in [5.74, 6) is 0.367. The number of aromatic nitrogens is 2. The number of imidazole rings is 1. The van der Waals surface area contributed by atoms with E-state index >= 15 is 0 Å². The Morgan fingerprint density at radius 3 is 2.53 bits per heavy atom. The van der Waals surface area contributed by atoms with Crippen LogP contribution in [-0.2, 0) is 0 Å². The first-order valence-electron chi connectivity index (χ1n) is 5.46. The van der Waals surface area contributed by atoms with Crippen molar-refractivity contribution in [2.45, 2.75) is 0 Å². The maximum atomic E-state index is 6.13. The number of anilines is 1. The molecule has 0 amide bonds. The highest BCUT2D eigenvalue weighted by molar-refractivity contribution is 9.10. The Kier molecular flexibility index (Phi) is 3.17. The number of rotatable bonds is 1. The number of halogens is 3. The zero-order valence-electron chi connectivity index (χ0n) is 9.57. The SMILES string of the molecule is Nc1nc2c(Cl)cccc2n1-c1cccc(Cl)c1Br. The molecule has 0 unspecified atom stereocenters. The third kappa shape index (κ3) is 2.00. The van der Waals surface area contributed by atoms with Crippen molar-refractivity contribution in [1.82, 2.24) is 9.55 Å². The molecule has 6 heteroatoms. The smallest absolute Gasteiger partial charge is 0.206 e. The molecule has 0 aliphatic rings. The van der Waals surface area contributed by atoms with Crippen molar-refractivity contribution in [1.29, 1.82) is 0 Å². The van der Waals surface area contributed by atoms with E-state index in [1.807, 2.05) is 28.8 Å². The van der Waals surface area contributed by atoms with Crippen LogP contribution in [0.5, 0.6) is 0 Å².